The van der Waals surface area contributed by atoms with Crippen molar-refractivity contribution in [3.8, 4) is 11.1 Å². The van der Waals surface area contributed by atoms with Gasteiger partial charge in [-0.3, -0.25) is 0 Å². The maximum atomic E-state index is 6.07. The van der Waals surface area contributed by atoms with E-state index in [1.807, 2.05) is 36.4 Å². The van der Waals surface area contributed by atoms with Gasteiger partial charge in [-0.05, 0) is 17.2 Å². The Labute approximate surface area is 98.7 Å². The van der Waals surface area contributed by atoms with Crippen molar-refractivity contribution in [2.75, 3.05) is 0 Å². The van der Waals surface area contributed by atoms with Crippen LogP contribution in [0, 0.1) is 0 Å². The number of hydrogen-bond acceptors (Lipinski definition) is 1. The Balaban J connectivity index is 2.61. The molecule has 0 amide bonds. The quantitative estimate of drug-likeness (QED) is 0.566. The van der Waals surface area contributed by atoms with Crippen molar-refractivity contribution in [2.45, 2.75) is 5.88 Å². The highest BCUT2D eigenvalue weighted by Gasteiger charge is 2.08. The van der Waals surface area contributed by atoms with Crippen LogP contribution in [0.15, 0.2) is 42.6 Å². The fourth-order valence-electron chi connectivity index (χ4n) is 1.49. The van der Waals surface area contributed by atoms with E-state index in [4.69, 9.17) is 23.2 Å². The minimum Gasteiger partial charge on any atom is -0.244 e. The van der Waals surface area contributed by atoms with E-state index in [1.165, 1.54) is 0 Å². The number of benzene rings is 1. The van der Waals surface area contributed by atoms with Gasteiger partial charge in [-0.2, -0.15) is 0 Å². The highest BCUT2D eigenvalue weighted by Crippen LogP contribution is 2.30. The lowest BCUT2D eigenvalue weighted by Gasteiger charge is -2.08. The summed E-state index contributed by atoms with van der Waals surface area (Å²) < 4.78 is 0. The Morgan fingerprint density at radius 2 is 1.80 bits per heavy atom. The second-order valence-electron chi connectivity index (χ2n) is 3.14. The maximum absolute atomic E-state index is 6.07. The van der Waals surface area contributed by atoms with E-state index in [9.17, 15) is 0 Å². The third kappa shape index (κ3) is 2.14. The molecule has 0 N–H and O–H groups in total. The number of nitrogens with zero attached hydrogens (tertiary/aromatic N) is 1. The fourth-order valence-corrected chi connectivity index (χ4v) is 2.00. The van der Waals surface area contributed by atoms with Crippen molar-refractivity contribution < 1.29 is 0 Å². The summed E-state index contributed by atoms with van der Waals surface area (Å²) in [6.07, 6.45) is 1.67. The zero-order valence-corrected chi connectivity index (χ0v) is 9.46. The monoisotopic (exact) mass is 237 g/mol. The van der Waals surface area contributed by atoms with E-state index in [0.717, 1.165) is 16.7 Å². The number of alkyl halides is 1. The van der Waals surface area contributed by atoms with Crippen LogP contribution < -0.4 is 0 Å². The van der Waals surface area contributed by atoms with Crippen molar-refractivity contribution >= 4 is 23.2 Å². The third-order valence-corrected chi connectivity index (χ3v) is 2.77. The number of pyridine rings is 1. The lowest BCUT2D eigenvalue weighted by Crippen LogP contribution is -1.89. The highest BCUT2D eigenvalue weighted by molar-refractivity contribution is 6.32. The summed E-state index contributed by atoms with van der Waals surface area (Å²) >= 11 is 11.9. The predicted molar refractivity (Wildman–Crippen MR) is 64.2 cm³/mol. The summed E-state index contributed by atoms with van der Waals surface area (Å²) in [5.74, 6) is 0.437. The van der Waals surface area contributed by atoms with Crippen LogP contribution in [-0.4, -0.2) is 4.98 Å². The fraction of sp³-hybridized carbons (Fsp3) is 0.0833. The summed E-state index contributed by atoms with van der Waals surface area (Å²) in [5.41, 5.74) is 2.98. The van der Waals surface area contributed by atoms with Gasteiger partial charge in [0.1, 0.15) is 5.15 Å². The van der Waals surface area contributed by atoms with Crippen molar-refractivity contribution in [1.82, 2.24) is 4.98 Å². The maximum Gasteiger partial charge on any atom is 0.137 e. The van der Waals surface area contributed by atoms with E-state index < -0.39 is 0 Å². The second kappa shape index (κ2) is 4.65. The number of rotatable bonds is 2. The molecule has 1 aromatic carbocycles. The minimum atomic E-state index is 0.437. The average molecular weight is 238 g/mol. The third-order valence-electron chi connectivity index (χ3n) is 2.20. The molecule has 15 heavy (non-hydrogen) atoms. The van der Waals surface area contributed by atoms with E-state index in [2.05, 4.69) is 4.98 Å². The van der Waals surface area contributed by atoms with Gasteiger partial charge >= 0.3 is 0 Å². The number of halogens is 2. The molecule has 0 radical (unpaired) electrons. The van der Waals surface area contributed by atoms with Crippen LogP contribution in [0.4, 0.5) is 0 Å². The van der Waals surface area contributed by atoms with Crippen LogP contribution in [0.2, 0.25) is 5.15 Å². The smallest absolute Gasteiger partial charge is 0.137 e. The number of hydrogen-bond donors (Lipinski definition) is 0. The Morgan fingerprint density at radius 3 is 2.47 bits per heavy atom. The summed E-state index contributed by atoms with van der Waals surface area (Å²) in [6.45, 7) is 0. The minimum absolute atomic E-state index is 0.437. The molecule has 1 nitrogen and oxygen atoms in total. The number of aromatic nitrogens is 1. The molecule has 2 aromatic rings. The highest BCUT2D eigenvalue weighted by atomic mass is 35.5. The first-order valence-electron chi connectivity index (χ1n) is 4.57. The molecule has 0 saturated carbocycles. The molecule has 0 aliphatic rings. The van der Waals surface area contributed by atoms with Crippen LogP contribution >= 0.6 is 23.2 Å². The van der Waals surface area contributed by atoms with Gasteiger partial charge in [-0.25, -0.2) is 4.98 Å². The summed E-state index contributed by atoms with van der Waals surface area (Å²) in [7, 11) is 0. The van der Waals surface area contributed by atoms with Gasteiger partial charge in [0.15, 0.2) is 0 Å². The molecule has 0 bridgehead atoms. The lowest BCUT2D eigenvalue weighted by molar-refractivity contribution is 1.27. The summed E-state index contributed by atoms with van der Waals surface area (Å²) in [5, 5.41) is 0.499. The Bertz CT molecular complexity index is 454. The van der Waals surface area contributed by atoms with Crippen molar-refractivity contribution in [3.63, 3.8) is 0 Å². The lowest BCUT2D eigenvalue weighted by atomic mass is 10.0. The Kier molecular flexibility index (Phi) is 3.24. The van der Waals surface area contributed by atoms with Gasteiger partial charge in [-0.15, -0.1) is 11.6 Å². The van der Waals surface area contributed by atoms with Gasteiger partial charge in [-0.1, -0.05) is 41.9 Å². The summed E-state index contributed by atoms with van der Waals surface area (Å²) in [4.78, 5) is 4.07. The van der Waals surface area contributed by atoms with E-state index in [1.54, 1.807) is 6.20 Å². The molecular formula is C12H9Cl2N. The molecule has 3 heteroatoms. The predicted octanol–water partition coefficient (Wildman–Crippen LogP) is 4.14. The standard InChI is InChI=1S/C12H9Cl2N/c13-8-10-6-7-15-12(14)11(10)9-4-2-1-3-5-9/h1-7H,8H2. The molecular weight excluding hydrogens is 229 g/mol. The van der Waals surface area contributed by atoms with Crippen LogP contribution in [0.3, 0.4) is 0 Å². The first kappa shape index (κ1) is 10.5. The topological polar surface area (TPSA) is 12.9 Å². The van der Waals surface area contributed by atoms with Crippen LogP contribution in [0.5, 0.6) is 0 Å². The van der Waals surface area contributed by atoms with E-state index in [0.29, 0.717) is 11.0 Å². The Morgan fingerprint density at radius 1 is 1.07 bits per heavy atom. The molecule has 2 rings (SSSR count). The zero-order chi connectivity index (χ0) is 10.7. The molecule has 0 atom stereocenters. The zero-order valence-electron chi connectivity index (χ0n) is 7.95. The van der Waals surface area contributed by atoms with Crippen molar-refractivity contribution in [1.29, 1.82) is 0 Å². The molecule has 1 aromatic heterocycles. The first-order valence-corrected chi connectivity index (χ1v) is 5.49. The van der Waals surface area contributed by atoms with E-state index >= 15 is 0 Å². The van der Waals surface area contributed by atoms with Crippen molar-refractivity contribution in [2.24, 2.45) is 0 Å². The average Bonchev–Trinajstić information content (AvgIpc) is 2.29. The summed E-state index contributed by atoms with van der Waals surface area (Å²) in [6, 6.07) is 11.8. The molecule has 76 valence electrons. The Hall–Kier alpha value is -1.05. The van der Waals surface area contributed by atoms with Gasteiger partial charge in [0.2, 0.25) is 0 Å². The van der Waals surface area contributed by atoms with Gasteiger partial charge < -0.3 is 0 Å². The molecule has 0 spiro atoms. The molecule has 1 heterocycles. The van der Waals surface area contributed by atoms with Gasteiger partial charge in [0.05, 0.1) is 0 Å². The molecule has 0 fully saturated rings. The van der Waals surface area contributed by atoms with Gasteiger partial charge in [0.25, 0.3) is 0 Å². The molecule has 0 aliphatic carbocycles. The molecule has 0 aliphatic heterocycles. The molecule has 0 unspecified atom stereocenters. The normalized spacial score (nSPS) is 10.3. The first-order chi connectivity index (χ1) is 7.33. The van der Waals surface area contributed by atoms with Gasteiger partial charge in [0, 0.05) is 17.6 Å². The van der Waals surface area contributed by atoms with Crippen LogP contribution in [0.25, 0.3) is 11.1 Å². The second-order valence-corrected chi connectivity index (χ2v) is 3.76. The van der Waals surface area contributed by atoms with Crippen molar-refractivity contribution in [3.05, 3.63) is 53.3 Å². The van der Waals surface area contributed by atoms with Crippen LogP contribution in [-0.2, 0) is 5.88 Å². The SMILES string of the molecule is ClCc1ccnc(Cl)c1-c1ccccc1. The van der Waals surface area contributed by atoms with E-state index in [-0.39, 0.29) is 0 Å². The van der Waals surface area contributed by atoms with Crippen LogP contribution in [0.1, 0.15) is 5.56 Å². The molecule has 0 saturated heterocycles. The largest absolute Gasteiger partial charge is 0.244 e.